The van der Waals surface area contributed by atoms with Gasteiger partial charge in [0.2, 0.25) is 0 Å². The molecule has 0 radical (unpaired) electrons. The average Bonchev–Trinajstić information content (AvgIpc) is 2.97. The van der Waals surface area contributed by atoms with E-state index in [9.17, 15) is 0 Å². The van der Waals surface area contributed by atoms with Crippen molar-refractivity contribution < 1.29 is 4.42 Å². The van der Waals surface area contributed by atoms with E-state index in [0.717, 1.165) is 35.9 Å². The van der Waals surface area contributed by atoms with Crippen LogP contribution in [0.2, 0.25) is 0 Å². The molecule has 0 saturated heterocycles. The molecule has 0 saturated carbocycles. The Labute approximate surface area is 108 Å². The topological polar surface area (TPSA) is 53.9 Å². The van der Waals surface area contributed by atoms with E-state index >= 15 is 0 Å². The molecule has 0 fully saturated rings. The molecule has 18 heavy (non-hydrogen) atoms. The Morgan fingerprint density at radius 2 is 2.28 bits per heavy atom. The molecule has 0 aliphatic rings. The molecule has 2 heterocycles. The van der Waals surface area contributed by atoms with Crippen molar-refractivity contribution in [1.82, 2.24) is 15.5 Å². The van der Waals surface area contributed by atoms with Gasteiger partial charge in [0.25, 0.3) is 0 Å². The zero-order valence-corrected chi connectivity index (χ0v) is 11.3. The molecule has 0 bridgehead atoms. The monoisotopic (exact) mass is 247 g/mol. The van der Waals surface area contributed by atoms with Gasteiger partial charge in [0.1, 0.15) is 11.5 Å². The van der Waals surface area contributed by atoms with E-state index in [4.69, 9.17) is 4.42 Å². The third kappa shape index (κ3) is 3.01. The van der Waals surface area contributed by atoms with Crippen molar-refractivity contribution in [1.29, 1.82) is 0 Å². The lowest BCUT2D eigenvalue weighted by Crippen LogP contribution is -2.20. The fraction of sp³-hybridized carbons (Fsp3) is 0.500. The van der Waals surface area contributed by atoms with Crippen LogP contribution >= 0.6 is 0 Å². The van der Waals surface area contributed by atoms with Crippen molar-refractivity contribution in [3.63, 3.8) is 0 Å². The summed E-state index contributed by atoms with van der Waals surface area (Å²) in [5, 5.41) is 10.6. The number of aryl methyl sites for hydroxylation is 1. The molecule has 0 aliphatic carbocycles. The Morgan fingerprint density at radius 3 is 2.94 bits per heavy atom. The Kier molecular flexibility index (Phi) is 4.20. The van der Waals surface area contributed by atoms with E-state index in [-0.39, 0.29) is 0 Å². The number of H-pyrrole nitrogens is 1. The number of nitrogens with one attached hydrogen (secondary N) is 2. The normalized spacial score (nSPS) is 12.8. The molecular formula is C14H21N3O. The second-order valence-corrected chi connectivity index (χ2v) is 4.82. The molecule has 0 amide bonds. The molecule has 0 spiro atoms. The molecule has 0 aliphatic heterocycles. The van der Waals surface area contributed by atoms with Crippen LogP contribution in [-0.2, 0) is 6.54 Å². The third-order valence-corrected chi connectivity index (χ3v) is 3.21. The lowest BCUT2D eigenvalue weighted by Gasteiger charge is -2.09. The van der Waals surface area contributed by atoms with Gasteiger partial charge in [-0.1, -0.05) is 20.3 Å². The first-order valence-electron chi connectivity index (χ1n) is 6.50. The van der Waals surface area contributed by atoms with E-state index in [0.29, 0.717) is 5.92 Å². The van der Waals surface area contributed by atoms with Crippen molar-refractivity contribution in [2.45, 2.75) is 33.7 Å². The number of furan rings is 1. The Balaban J connectivity index is 2.00. The minimum absolute atomic E-state index is 0.700. The molecule has 2 aromatic heterocycles. The van der Waals surface area contributed by atoms with Gasteiger partial charge in [-0.2, -0.15) is 5.10 Å². The minimum atomic E-state index is 0.700. The standard InChI is InChI=1S/C14H21N3O/c1-4-10(2)7-15-8-12-9-16-17-14(12)13-6-5-11(3)18-13/h5-6,9-10,15H,4,7-8H2,1-3H3,(H,16,17). The zero-order chi connectivity index (χ0) is 13.0. The number of aromatic amines is 1. The fourth-order valence-corrected chi connectivity index (χ4v) is 1.82. The summed E-state index contributed by atoms with van der Waals surface area (Å²) in [4.78, 5) is 0. The minimum Gasteiger partial charge on any atom is -0.460 e. The zero-order valence-electron chi connectivity index (χ0n) is 11.3. The molecule has 2 aromatic rings. The molecule has 4 heteroatoms. The van der Waals surface area contributed by atoms with Crippen molar-refractivity contribution in [2.75, 3.05) is 6.54 Å². The molecule has 2 N–H and O–H groups in total. The van der Waals surface area contributed by atoms with Gasteiger partial charge in [-0.15, -0.1) is 0 Å². The van der Waals surface area contributed by atoms with Crippen LogP contribution in [0.5, 0.6) is 0 Å². The molecule has 4 nitrogen and oxygen atoms in total. The largest absolute Gasteiger partial charge is 0.460 e. The van der Waals surface area contributed by atoms with Crippen LogP contribution in [-0.4, -0.2) is 16.7 Å². The van der Waals surface area contributed by atoms with E-state index in [1.807, 2.05) is 25.3 Å². The van der Waals surface area contributed by atoms with Crippen LogP contribution in [0.25, 0.3) is 11.5 Å². The number of nitrogens with zero attached hydrogens (tertiary/aromatic N) is 1. The Bertz CT molecular complexity index is 487. The van der Waals surface area contributed by atoms with Gasteiger partial charge in [-0.25, -0.2) is 0 Å². The van der Waals surface area contributed by atoms with E-state index in [1.54, 1.807) is 0 Å². The summed E-state index contributed by atoms with van der Waals surface area (Å²) in [5.74, 6) is 2.47. The Hall–Kier alpha value is -1.55. The first kappa shape index (κ1) is 12.9. The Morgan fingerprint density at radius 1 is 1.44 bits per heavy atom. The SMILES string of the molecule is CCC(C)CNCc1cn[nH]c1-c1ccc(C)o1. The van der Waals surface area contributed by atoms with Gasteiger partial charge < -0.3 is 9.73 Å². The summed E-state index contributed by atoms with van der Waals surface area (Å²) in [6, 6.07) is 3.94. The lowest BCUT2D eigenvalue weighted by molar-refractivity contribution is 0.499. The molecule has 0 aromatic carbocycles. The number of rotatable bonds is 6. The first-order valence-corrected chi connectivity index (χ1v) is 6.50. The average molecular weight is 247 g/mol. The third-order valence-electron chi connectivity index (χ3n) is 3.21. The summed E-state index contributed by atoms with van der Waals surface area (Å²) in [7, 11) is 0. The molecular weight excluding hydrogens is 226 g/mol. The number of aromatic nitrogens is 2. The van der Waals surface area contributed by atoms with Crippen molar-refractivity contribution in [3.8, 4) is 11.5 Å². The highest BCUT2D eigenvalue weighted by Gasteiger charge is 2.10. The first-order chi connectivity index (χ1) is 8.70. The van der Waals surface area contributed by atoms with Gasteiger partial charge in [0.05, 0.1) is 6.20 Å². The second-order valence-electron chi connectivity index (χ2n) is 4.82. The summed E-state index contributed by atoms with van der Waals surface area (Å²) in [5.41, 5.74) is 2.12. The maximum atomic E-state index is 5.62. The summed E-state index contributed by atoms with van der Waals surface area (Å²) in [6.45, 7) is 8.25. The van der Waals surface area contributed by atoms with Crippen LogP contribution in [0.1, 0.15) is 31.6 Å². The highest BCUT2D eigenvalue weighted by molar-refractivity contribution is 5.56. The van der Waals surface area contributed by atoms with Gasteiger partial charge in [0.15, 0.2) is 5.76 Å². The smallest absolute Gasteiger partial charge is 0.152 e. The van der Waals surface area contributed by atoms with E-state index in [1.165, 1.54) is 6.42 Å². The lowest BCUT2D eigenvalue weighted by atomic mass is 10.1. The fourth-order valence-electron chi connectivity index (χ4n) is 1.82. The van der Waals surface area contributed by atoms with Crippen molar-refractivity contribution >= 4 is 0 Å². The summed E-state index contributed by atoms with van der Waals surface area (Å²) < 4.78 is 5.62. The van der Waals surface area contributed by atoms with Crippen LogP contribution in [0.15, 0.2) is 22.7 Å². The molecule has 98 valence electrons. The van der Waals surface area contributed by atoms with Crippen LogP contribution < -0.4 is 5.32 Å². The van der Waals surface area contributed by atoms with Crippen LogP contribution in [0.4, 0.5) is 0 Å². The highest BCUT2D eigenvalue weighted by atomic mass is 16.3. The quantitative estimate of drug-likeness (QED) is 0.824. The molecule has 1 atom stereocenters. The van der Waals surface area contributed by atoms with Gasteiger partial charge in [-0.05, 0) is 31.5 Å². The number of hydrogen-bond acceptors (Lipinski definition) is 3. The molecule has 2 rings (SSSR count). The van der Waals surface area contributed by atoms with Crippen LogP contribution in [0, 0.1) is 12.8 Å². The van der Waals surface area contributed by atoms with Gasteiger partial charge in [0, 0.05) is 12.1 Å². The molecule has 1 unspecified atom stereocenters. The van der Waals surface area contributed by atoms with Gasteiger partial charge in [-0.3, -0.25) is 5.10 Å². The van der Waals surface area contributed by atoms with E-state index in [2.05, 4.69) is 29.4 Å². The predicted octanol–water partition coefficient (Wildman–Crippen LogP) is 3.11. The summed E-state index contributed by atoms with van der Waals surface area (Å²) in [6.07, 6.45) is 3.05. The van der Waals surface area contributed by atoms with Crippen molar-refractivity contribution in [3.05, 3.63) is 29.7 Å². The number of hydrogen-bond donors (Lipinski definition) is 2. The van der Waals surface area contributed by atoms with Gasteiger partial charge >= 0.3 is 0 Å². The predicted molar refractivity (Wildman–Crippen MR) is 72.2 cm³/mol. The van der Waals surface area contributed by atoms with E-state index < -0.39 is 0 Å². The van der Waals surface area contributed by atoms with Crippen LogP contribution in [0.3, 0.4) is 0 Å². The second kappa shape index (κ2) is 5.87. The maximum absolute atomic E-state index is 5.62. The maximum Gasteiger partial charge on any atom is 0.152 e. The summed E-state index contributed by atoms with van der Waals surface area (Å²) >= 11 is 0. The highest BCUT2D eigenvalue weighted by Crippen LogP contribution is 2.23. The van der Waals surface area contributed by atoms with Crippen molar-refractivity contribution in [2.24, 2.45) is 5.92 Å².